The third kappa shape index (κ3) is 3.90. The fourth-order valence-electron chi connectivity index (χ4n) is 3.74. The van der Waals surface area contributed by atoms with Gasteiger partial charge in [0.15, 0.2) is 5.69 Å². The lowest BCUT2D eigenvalue weighted by Crippen LogP contribution is -2.15. The van der Waals surface area contributed by atoms with Gasteiger partial charge in [-0.1, -0.05) is 65.7 Å². The van der Waals surface area contributed by atoms with Crippen molar-refractivity contribution < 1.29 is 4.79 Å². The maximum absolute atomic E-state index is 13.1. The highest BCUT2D eigenvalue weighted by atomic mass is 16.2. The van der Waals surface area contributed by atoms with Crippen molar-refractivity contribution in [1.82, 2.24) is 9.78 Å². The average Bonchev–Trinajstić information content (AvgIpc) is 3.17. The molecule has 0 aliphatic carbocycles. The van der Waals surface area contributed by atoms with E-state index in [2.05, 4.69) is 60.7 Å². The van der Waals surface area contributed by atoms with Crippen molar-refractivity contribution in [3.05, 3.63) is 101 Å². The van der Waals surface area contributed by atoms with Gasteiger partial charge in [-0.3, -0.25) is 4.79 Å². The van der Waals surface area contributed by atoms with Crippen LogP contribution < -0.4 is 5.32 Å². The number of nitrogens with zero attached hydrogens (tertiary/aromatic N) is 2. The summed E-state index contributed by atoms with van der Waals surface area (Å²) in [6, 6.07) is 24.1. The molecule has 1 N–H and O–H groups in total. The van der Waals surface area contributed by atoms with Crippen molar-refractivity contribution >= 4 is 11.6 Å². The van der Waals surface area contributed by atoms with Gasteiger partial charge in [0.05, 0.1) is 11.4 Å². The van der Waals surface area contributed by atoms with Crippen LogP contribution in [0.1, 0.15) is 32.7 Å². The molecule has 0 saturated carbocycles. The Balaban J connectivity index is 1.76. The maximum atomic E-state index is 13.1. The molecule has 0 fully saturated rings. The lowest BCUT2D eigenvalue weighted by molar-refractivity contribution is 0.102. The molecule has 0 bridgehead atoms. The summed E-state index contributed by atoms with van der Waals surface area (Å²) < 4.78 is 1.83. The molecule has 4 heteroatoms. The predicted molar refractivity (Wildman–Crippen MR) is 122 cm³/mol. The number of aromatic nitrogens is 2. The first kappa shape index (κ1) is 19.6. The number of hydrogen-bond donors (Lipinski definition) is 1. The fraction of sp³-hybridized carbons (Fsp3) is 0.154. The Morgan fingerprint density at radius 1 is 0.800 bits per heavy atom. The molecule has 1 amide bonds. The summed E-state index contributed by atoms with van der Waals surface area (Å²) in [4.78, 5) is 13.1. The number of carbonyl (C=O) groups excluding carboxylic acids is 1. The summed E-state index contributed by atoms with van der Waals surface area (Å²) >= 11 is 0. The van der Waals surface area contributed by atoms with E-state index in [1.54, 1.807) is 0 Å². The zero-order chi connectivity index (χ0) is 21.3. The molecule has 3 aromatic carbocycles. The number of aryl methyl sites for hydroxylation is 4. The predicted octanol–water partition coefficient (Wildman–Crippen LogP) is 6.03. The van der Waals surface area contributed by atoms with Crippen LogP contribution in [-0.2, 0) is 0 Å². The molecule has 30 heavy (non-hydrogen) atoms. The molecule has 150 valence electrons. The number of rotatable bonds is 4. The number of anilines is 1. The number of carbonyl (C=O) groups is 1. The highest BCUT2D eigenvalue weighted by Crippen LogP contribution is 2.26. The standard InChI is InChI=1S/C26H25N3O/c1-17-10-12-21(13-11-17)24-16-23(28-29(24)22-8-6-5-7-9-22)26(30)27-25-19(3)14-18(2)15-20(25)4/h5-16H,1-4H3,(H,27,30). The summed E-state index contributed by atoms with van der Waals surface area (Å²) in [7, 11) is 0. The first-order valence-corrected chi connectivity index (χ1v) is 10.0. The third-order valence-electron chi connectivity index (χ3n) is 5.21. The Labute approximate surface area is 177 Å². The molecule has 0 radical (unpaired) electrons. The minimum atomic E-state index is -0.215. The van der Waals surface area contributed by atoms with E-state index in [4.69, 9.17) is 0 Å². The van der Waals surface area contributed by atoms with E-state index in [0.29, 0.717) is 5.69 Å². The van der Waals surface area contributed by atoms with E-state index < -0.39 is 0 Å². The van der Waals surface area contributed by atoms with Crippen LogP contribution in [0.5, 0.6) is 0 Å². The zero-order valence-corrected chi connectivity index (χ0v) is 17.7. The zero-order valence-electron chi connectivity index (χ0n) is 17.7. The van der Waals surface area contributed by atoms with Gasteiger partial charge < -0.3 is 5.32 Å². The van der Waals surface area contributed by atoms with Gasteiger partial charge in [0.2, 0.25) is 0 Å². The summed E-state index contributed by atoms with van der Waals surface area (Å²) in [6.07, 6.45) is 0. The van der Waals surface area contributed by atoms with Crippen LogP contribution in [-0.4, -0.2) is 15.7 Å². The van der Waals surface area contributed by atoms with Crippen molar-refractivity contribution in [2.24, 2.45) is 0 Å². The van der Waals surface area contributed by atoms with Crippen LogP contribution >= 0.6 is 0 Å². The van der Waals surface area contributed by atoms with E-state index in [1.165, 1.54) is 11.1 Å². The topological polar surface area (TPSA) is 46.9 Å². The highest BCUT2D eigenvalue weighted by Gasteiger charge is 2.18. The van der Waals surface area contributed by atoms with Crippen molar-refractivity contribution in [3.63, 3.8) is 0 Å². The van der Waals surface area contributed by atoms with Crippen LogP contribution in [0.2, 0.25) is 0 Å². The molecule has 0 unspecified atom stereocenters. The molecule has 4 nitrogen and oxygen atoms in total. The van der Waals surface area contributed by atoms with E-state index in [9.17, 15) is 4.79 Å². The first-order chi connectivity index (χ1) is 14.4. The summed E-state index contributed by atoms with van der Waals surface area (Å²) in [5.74, 6) is -0.215. The minimum Gasteiger partial charge on any atom is -0.320 e. The molecule has 1 aromatic heterocycles. The van der Waals surface area contributed by atoms with Gasteiger partial charge in [0.25, 0.3) is 5.91 Å². The van der Waals surface area contributed by atoms with Gasteiger partial charge in [0.1, 0.15) is 0 Å². The quantitative estimate of drug-likeness (QED) is 0.459. The van der Waals surface area contributed by atoms with E-state index in [-0.39, 0.29) is 5.91 Å². The number of nitrogens with one attached hydrogen (secondary N) is 1. The maximum Gasteiger partial charge on any atom is 0.276 e. The van der Waals surface area contributed by atoms with Gasteiger partial charge in [0, 0.05) is 11.3 Å². The minimum absolute atomic E-state index is 0.215. The lowest BCUT2D eigenvalue weighted by Gasteiger charge is -2.12. The molecule has 0 aliphatic rings. The van der Waals surface area contributed by atoms with Crippen molar-refractivity contribution in [2.75, 3.05) is 5.32 Å². The molecule has 4 aromatic rings. The van der Waals surface area contributed by atoms with Crippen molar-refractivity contribution in [2.45, 2.75) is 27.7 Å². The van der Waals surface area contributed by atoms with Crippen LogP contribution in [0.3, 0.4) is 0 Å². The van der Waals surface area contributed by atoms with Crippen molar-refractivity contribution in [3.8, 4) is 16.9 Å². The molecule has 0 saturated heterocycles. The first-order valence-electron chi connectivity index (χ1n) is 10.0. The average molecular weight is 396 g/mol. The van der Waals surface area contributed by atoms with E-state index in [1.807, 2.05) is 54.9 Å². The Kier molecular flexibility index (Phi) is 5.23. The fourth-order valence-corrected chi connectivity index (χ4v) is 3.74. The van der Waals surface area contributed by atoms with E-state index >= 15 is 0 Å². The highest BCUT2D eigenvalue weighted by molar-refractivity contribution is 6.04. The third-order valence-corrected chi connectivity index (χ3v) is 5.21. The second-order valence-electron chi connectivity index (χ2n) is 7.76. The Morgan fingerprint density at radius 3 is 2.07 bits per heavy atom. The second kappa shape index (κ2) is 7.99. The number of amides is 1. The van der Waals surface area contributed by atoms with Crippen LogP contribution in [0.25, 0.3) is 16.9 Å². The molecule has 4 rings (SSSR count). The Bertz CT molecular complexity index is 1180. The molecule has 0 aliphatic heterocycles. The molecule has 0 atom stereocenters. The Morgan fingerprint density at radius 2 is 1.43 bits per heavy atom. The molecule has 0 spiro atoms. The summed E-state index contributed by atoms with van der Waals surface area (Å²) in [5, 5.41) is 7.72. The van der Waals surface area contributed by atoms with Crippen LogP contribution in [0, 0.1) is 27.7 Å². The van der Waals surface area contributed by atoms with Crippen LogP contribution in [0.15, 0.2) is 72.8 Å². The summed E-state index contributed by atoms with van der Waals surface area (Å²) in [5.41, 5.74) is 8.48. The van der Waals surface area contributed by atoms with Crippen molar-refractivity contribution in [1.29, 1.82) is 0 Å². The molecular formula is C26H25N3O. The van der Waals surface area contributed by atoms with Gasteiger partial charge in [-0.15, -0.1) is 0 Å². The smallest absolute Gasteiger partial charge is 0.276 e. The van der Waals surface area contributed by atoms with Gasteiger partial charge in [-0.2, -0.15) is 5.10 Å². The lowest BCUT2D eigenvalue weighted by atomic mass is 10.0. The Hall–Kier alpha value is -3.66. The van der Waals surface area contributed by atoms with Crippen LogP contribution in [0.4, 0.5) is 5.69 Å². The van der Waals surface area contributed by atoms with Gasteiger partial charge in [-0.25, -0.2) is 4.68 Å². The normalized spacial score (nSPS) is 10.8. The number of hydrogen-bond acceptors (Lipinski definition) is 2. The van der Waals surface area contributed by atoms with E-state index in [0.717, 1.165) is 33.8 Å². The SMILES string of the molecule is Cc1ccc(-c2cc(C(=O)Nc3c(C)cc(C)cc3C)nn2-c2ccccc2)cc1. The molecular weight excluding hydrogens is 370 g/mol. The monoisotopic (exact) mass is 395 g/mol. The largest absolute Gasteiger partial charge is 0.320 e. The van der Waals surface area contributed by atoms with Gasteiger partial charge in [-0.05, 0) is 57.0 Å². The second-order valence-corrected chi connectivity index (χ2v) is 7.76. The number of benzene rings is 3. The number of para-hydroxylation sites is 1. The summed E-state index contributed by atoms with van der Waals surface area (Å²) in [6.45, 7) is 8.14. The van der Waals surface area contributed by atoms with Gasteiger partial charge >= 0.3 is 0 Å². The molecule has 1 heterocycles.